The van der Waals surface area contributed by atoms with Crippen LogP contribution < -0.4 is 11.5 Å². The van der Waals surface area contributed by atoms with Gasteiger partial charge in [0.15, 0.2) is 0 Å². The van der Waals surface area contributed by atoms with Crippen LogP contribution in [-0.2, 0) is 9.47 Å². The maximum atomic E-state index is 4.80. The largest absolute Gasteiger partial charge is 0.475 e. The molecule has 7 heteroatoms. The van der Waals surface area contributed by atoms with E-state index in [1.165, 1.54) is 14.2 Å². The molecule has 0 rings (SSSR count). The van der Waals surface area contributed by atoms with Crippen molar-refractivity contribution < 1.29 is 9.47 Å². The molecule has 0 fully saturated rings. The lowest BCUT2D eigenvalue weighted by atomic mass is 11.3. The summed E-state index contributed by atoms with van der Waals surface area (Å²) in [4.78, 5) is 0. The zero-order valence-electron chi connectivity index (χ0n) is 5.79. The first-order chi connectivity index (χ1) is 4.54. The van der Waals surface area contributed by atoms with Gasteiger partial charge in [-0.1, -0.05) is 0 Å². The van der Waals surface area contributed by atoms with Crippen LogP contribution in [0.4, 0.5) is 0 Å². The summed E-state index contributed by atoms with van der Waals surface area (Å²) in [6.45, 7) is 0. The van der Waals surface area contributed by atoms with Crippen LogP contribution in [0.15, 0.2) is 0 Å². The third-order valence-electron chi connectivity index (χ3n) is 0.402. The topological polar surface area (TPSA) is 70.5 Å². The van der Waals surface area contributed by atoms with E-state index in [0.29, 0.717) is 0 Å². The molecule has 0 aliphatic rings. The summed E-state index contributed by atoms with van der Waals surface area (Å²) in [6, 6.07) is 0. The Bertz CT molecular complexity index is 109. The van der Waals surface area contributed by atoms with Gasteiger partial charge >= 0.3 is 23.1 Å². The molecule has 0 amide bonds. The Kier molecular flexibility index (Phi) is 20.1. The van der Waals surface area contributed by atoms with Gasteiger partial charge in [0.25, 0.3) is 10.3 Å². The molecule has 0 saturated carbocycles. The molecule has 0 aromatic rings. The van der Waals surface area contributed by atoms with Crippen LogP contribution in [-0.4, -0.2) is 47.6 Å². The zero-order chi connectivity index (χ0) is 8.57. The minimum Gasteiger partial charge on any atom is -0.475 e. The van der Waals surface area contributed by atoms with Crippen molar-refractivity contribution in [2.24, 2.45) is 11.5 Å². The summed E-state index contributed by atoms with van der Waals surface area (Å²) in [5, 5.41) is 0.176. The highest BCUT2D eigenvalue weighted by atomic mass is 32.1. The van der Waals surface area contributed by atoms with Crippen molar-refractivity contribution in [3.8, 4) is 0 Å². The van der Waals surface area contributed by atoms with Crippen molar-refractivity contribution in [2.75, 3.05) is 14.2 Å². The molecular weight excluding hydrogens is 196 g/mol. The number of hydrogen-bond donors (Lipinski definition) is 2. The number of methoxy groups -OCH3 is 2. The number of hydrogen-bond acceptors (Lipinski definition) is 4. The molecule has 0 aliphatic heterocycles. The predicted molar refractivity (Wildman–Crippen MR) is 56.1 cm³/mol. The Labute approximate surface area is 92.7 Å². The van der Waals surface area contributed by atoms with Crippen molar-refractivity contribution in [1.29, 1.82) is 0 Å². The third kappa shape index (κ3) is 39.2. The van der Waals surface area contributed by atoms with E-state index in [-0.39, 0.29) is 33.4 Å². The van der Waals surface area contributed by atoms with Gasteiger partial charge in [-0.3, -0.25) is 0 Å². The third-order valence-corrected chi connectivity index (χ3v) is 0.736. The highest BCUT2D eigenvalue weighted by Gasteiger charge is 1.69. The van der Waals surface area contributed by atoms with Crippen molar-refractivity contribution in [1.82, 2.24) is 0 Å². The average molecular weight is 209 g/mol. The molecule has 0 heterocycles. The van der Waals surface area contributed by atoms with Crippen LogP contribution in [0.1, 0.15) is 0 Å². The lowest BCUT2D eigenvalue weighted by molar-refractivity contribution is 0.408. The van der Waals surface area contributed by atoms with Crippen molar-refractivity contribution >= 4 is 57.8 Å². The smallest absolute Gasteiger partial charge is 0.316 e. The predicted octanol–water partition coefficient (Wildman–Crippen LogP) is -1.16. The van der Waals surface area contributed by atoms with E-state index in [0.717, 1.165) is 0 Å². The van der Waals surface area contributed by atoms with Crippen LogP contribution in [0.5, 0.6) is 0 Å². The lowest BCUT2D eigenvalue weighted by Crippen LogP contribution is -2.08. The van der Waals surface area contributed by atoms with Crippen LogP contribution in [0, 0.1) is 0 Å². The lowest BCUT2D eigenvalue weighted by Gasteiger charge is -1.85. The Morgan fingerprint density at radius 2 is 1.09 bits per heavy atom. The minimum absolute atomic E-state index is 0. The van der Waals surface area contributed by atoms with E-state index >= 15 is 0 Å². The Balaban J connectivity index is -0.000000107. The van der Waals surface area contributed by atoms with Gasteiger partial charge in [-0.25, -0.2) is 0 Å². The van der Waals surface area contributed by atoms with E-state index < -0.39 is 0 Å². The number of rotatable bonds is 0. The van der Waals surface area contributed by atoms with Gasteiger partial charge in [-0.15, -0.1) is 0 Å². The minimum atomic E-state index is 0. The van der Waals surface area contributed by atoms with Gasteiger partial charge in [-0.05, 0) is 24.4 Å². The second-order valence-electron chi connectivity index (χ2n) is 1.05. The van der Waals surface area contributed by atoms with E-state index in [9.17, 15) is 0 Å². The molecular formula is C4H12MgN2O2S2. The fourth-order valence-corrected chi connectivity index (χ4v) is 0. The molecule has 0 atom stereocenters. The van der Waals surface area contributed by atoms with Gasteiger partial charge in [0.2, 0.25) is 0 Å². The van der Waals surface area contributed by atoms with Gasteiger partial charge in [0.05, 0.1) is 14.2 Å². The molecule has 0 aliphatic carbocycles. The van der Waals surface area contributed by atoms with Crippen LogP contribution in [0.3, 0.4) is 0 Å². The van der Waals surface area contributed by atoms with Crippen molar-refractivity contribution in [3.63, 3.8) is 0 Å². The summed E-state index contributed by atoms with van der Waals surface area (Å²) in [7, 11) is 2.87. The molecule has 0 radical (unpaired) electrons. The summed E-state index contributed by atoms with van der Waals surface area (Å²) in [5.74, 6) is 0. The number of ether oxygens (including phenoxy) is 2. The SMILES string of the molecule is COC(N)=S.COC(N)=S.[MgH2]. The quantitative estimate of drug-likeness (QED) is 0.387. The normalized spacial score (nSPS) is 6.00. The molecule has 0 aromatic heterocycles. The fourth-order valence-electron chi connectivity index (χ4n) is 0. The van der Waals surface area contributed by atoms with Crippen molar-refractivity contribution in [2.45, 2.75) is 0 Å². The van der Waals surface area contributed by atoms with Crippen LogP contribution in [0.2, 0.25) is 0 Å². The maximum absolute atomic E-state index is 4.80. The van der Waals surface area contributed by atoms with E-state index in [1.54, 1.807) is 0 Å². The average Bonchev–Trinajstić information content (AvgIpc) is 1.89. The van der Waals surface area contributed by atoms with Gasteiger partial charge in [0.1, 0.15) is 0 Å². The number of nitrogens with two attached hydrogens (primary N) is 2. The van der Waals surface area contributed by atoms with Gasteiger partial charge in [0, 0.05) is 0 Å². The number of thiocarbonyl (C=S) groups is 2. The van der Waals surface area contributed by atoms with Gasteiger partial charge in [-0.2, -0.15) is 0 Å². The molecule has 0 unspecified atom stereocenters. The first kappa shape index (κ1) is 17.3. The van der Waals surface area contributed by atoms with E-state index in [4.69, 9.17) is 11.5 Å². The molecule has 0 saturated heterocycles. The first-order valence-electron chi connectivity index (χ1n) is 2.21. The maximum Gasteiger partial charge on any atom is 0.316 e. The fraction of sp³-hybridized carbons (Fsp3) is 0.500. The Hall–Kier alpha value is 0.146. The molecule has 0 spiro atoms. The highest BCUT2D eigenvalue weighted by molar-refractivity contribution is 7.80. The molecule has 4 N–H and O–H groups in total. The zero-order valence-corrected chi connectivity index (χ0v) is 7.42. The second-order valence-corrected chi connectivity index (χ2v) is 1.85. The summed E-state index contributed by atoms with van der Waals surface area (Å²) in [5.41, 5.74) is 9.60. The molecule has 0 bridgehead atoms. The first-order valence-corrected chi connectivity index (χ1v) is 3.03. The second kappa shape index (κ2) is 12.8. The summed E-state index contributed by atoms with van der Waals surface area (Å²) >= 11 is 8.50. The van der Waals surface area contributed by atoms with Gasteiger partial charge < -0.3 is 20.9 Å². The van der Waals surface area contributed by atoms with Crippen molar-refractivity contribution in [3.05, 3.63) is 0 Å². The summed E-state index contributed by atoms with van der Waals surface area (Å²) < 4.78 is 8.52. The standard InChI is InChI=1S/2C2H5NOS.Mg.2H/c2*1-4-2(3)5;;;/h2*1H3,(H2,3,5);;;. The molecule has 4 nitrogen and oxygen atoms in total. The molecule has 11 heavy (non-hydrogen) atoms. The van der Waals surface area contributed by atoms with Crippen LogP contribution in [0.25, 0.3) is 0 Å². The molecule has 64 valence electrons. The van der Waals surface area contributed by atoms with E-state index in [1.807, 2.05) is 0 Å². The molecule has 0 aromatic carbocycles. The Morgan fingerprint density at radius 1 is 1.00 bits per heavy atom. The highest BCUT2D eigenvalue weighted by Crippen LogP contribution is 1.58. The van der Waals surface area contributed by atoms with Crippen LogP contribution >= 0.6 is 24.4 Å². The Morgan fingerprint density at radius 3 is 1.09 bits per heavy atom. The summed E-state index contributed by atoms with van der Waals surface area (Å²) in [6.07, 6.45) is 0. The van der Waals surface area contributed by atoms with E-state index in [2.05, 4.69) is 33.9 Å². The monoisotopic (exact) mass is 208 g/mol.